The molecule has 8 heteroatoms. The van der Waals surface area contributed by atoms with Crippen molar-refractivity contribution in [2.75, 3.05) is 7.05 Å². The molecule has 0 saturated carbocycles. The number of furan rings is 1. The van der Waals surface area contributed by atoms with Crippen LogP contribution in [0, 0.1) is 13.8 Å². The van der Waals surface area contributed by atoms with Crippen molar-refractivity contribution >= 4 is 16.8 Å². The topological polar surface area (TPSA) is 86.2 Å². The lowest BCUT2D eigenvalue weighted by Gasteiger charge is -2.16. The standard InChI is InChI=1S/C21H21N5O3/c1-14-20-19(15(2)26(23-20)16-8-5-4-6-9-16)21(28)25(22-14)13-18(27)24(3)12-17-10-7-11-29-17/h4-11H,12-13H2,1-3H3. The Hall–Kier alpha value is -3.68. The molecule has 0 unspecified atom stereocenters. The molecule has 0 N–H and O–H groups in total. The molecule has 148 valence electrons. The van der Waals surface area contributed by atoms with Gasteiger partial charge >= 0.3 is 0 Å². The lowest BCUT2D eigenvalue weighted by Crippen LogP contribution is -2.35. The molecule has 0 radical (unpaired) electrons. The Morgan fingerprint density at radius 2 is 1.86 bits per heavy atom. The summed E-state index contributed by atoms with van der Waals surface area (Å²) in [6.45, 7) is 3.81. The normalized spacial score (nSPS) is 11.1. The van der Waals surface area contributed by atoms with Gasteiger partial charge < -0.3 is 9.32 Å². The zero-order chi connectivity index (χ0) is 20.5. The van der Waals surface area contributed by atoms with E-state index in [4.69, 9.17) is 4.42 Å². The second-order valence-corrected chi connectivity index (χ2v) is 6.93. The number of nitrogens with zero attached hydrogens (tertiary/aromatic N) is 5. The lowest BCUT2D eigenvalue weighted by molar-refractivity contribution is -0.131. The van der Waals surface area contributed by atoms with Crippen LogP contribution >= 0.6 is 0 Å². The monoisotopic (exact) mass is 391 g/mol. The van der Waals surface area contributed by atoms with E-state index in [1.54, 1.807) is 37.0 Å². The first-order valence-electron chi connectivity index (χ1n) is 9.24. The molecule has 0 fully saturated rings. The fraction of sp³-hybridized carbons (Fsp3) is 0.238. The minimum absolute atomic E-state index is 0.150. The first-order chi connectivity index (χ1) is 14.0. The summed E-state index contributed by atoms with van der Waals surface area (Å²) in [6.07, 6.45) is 1.56. The molecule has 8 nitrogen and oxygen atoms in total. The highest BCUT2D eigenvalue weighted by Gasteiger charge is 2.20. The third kappa shape index (κ3) is 3.44. The van der Waals surface area contributed by atoms with Crippen molar-refractivity contribution in [2.45, 2.75) is 26.9 Å². The van der Waals surface area contributed by atoms with Crippen molar-refractivity contribution in [1.29, 1.82) is 0 Å². The molecular formula is C21H21N5O3. The molecule has 4 rings (SSSR count). The quantitative estimate of drug-likeness (QED) is 0.522. The van der Waals surface area contributed by atoms with Gasteiger partial charge in [-0.15, -0.1) is 0 Å². The fourth-order valence-electron chi connectivity index (χ4n) is 3.32. The highest BCUT2D eigenvalue weighted by molar-refractivity contribution is 5.83. The first kappa shape index (κ1) is 18.7. The molecule has 0 saturated heterocycles. The first-order valence-corrected chi connectivity index (χ1v) is 9.24. The van der Waals surface area contributed by atoms with E-state index in [1.165, 1.54) is 9.58 Å². The molecule has 4 aromatic rings. The zero-order valence-corrected chi connectivity index (χ0v) is 16.5. The summed E-state index contributed by atoms with van der Waals surface area (Å²) in [5, 5.41) is 9.38. The van der Waals surface area contributed by atoms with Gasteiger partial charge in [0, 0.05) is 7.05 Å². The number of hydrogen-bond acceptors (Lipinski definition) is 5. The molecule has 29 heavy (non-hydrogen) atoms. The zero-order valence-electron chi connectivity index (χ0n) is 16.5. The van der Waals surface area contributed by atoms with Gasteiger partial charge in [0.05, 0.1) is 35.3 Å². The number of fused-ring (bicyclic) bond motifs is 1. The van der Waals surface area contributed by atoms with Crippen molar-refractivity contribution in [1.82, 2.24) is 24.5 Å². The van der Waals surface area contributed by atoms with Crippen LogP contribution in [0.1, 0.15) is 17.1 Å². The molecule has 3 aromatic heterocycles. The largest absolute Gasteiger partial charge is 0.467 e. The number of para-hydroxylation sites is 1. The van der Waals surface area contributed by atoms with Gasteiger partial charge in [0.25, 0.3) is 5.56 Å². The van der Waals surface area contributed by atoms with Crippen molar-refractivity contribution in [3.8, 4) is 5.69 Å². The van der Waals surface area contributed by atoms with E-state index < -0.39 is 0 Å². The molecule has 0 aliphatic heterocycles. The molecule has 0 bridgehead atoms. The Balaban J connectivity index is 1.69. The second kappa shape index (κ2) is 7.38. The summed E-state index contributed by atoms with van der Waals surface area (Å²) in [4.78, 5) is 27.2. The number of aromatic nitrogens is 4. The Bertz CT molecular complexity index is 1220. The van der Waals surface area contributed by atoms with Crippen LogP contribution in [0.4, 0.5) is 0 Å². The number of amides is 1. The average molecular weight is 391 g/mol. The van der Waals surface area contributed by atoms with E-state index in [0.29, 0.717) is 34.6 Å². The van der Waals surface area contributed by atoms with Crippen LogP contribution < -0.4 is 5.56 Å². The summed E-state index contributed by atoms with van der Waals surface area (Å²) in [6, 6.07) is 13.2. The van der Waals surface area contributed by atoms with Gasteiger partial charge in [0.15, 0.2) is 0 Å². The van der Waals surface area contributed by atoms with E-state index in [2.05, 4.69) is 10.2 Å². The van der Waals surface area contributed by atoms with Gasteiger partial charge in [-0.3, -0.25) is 9.59 Å². The predicted molar refractivity (Wildman–Crippen MR) is 108 cm³/mol. The predicted octanol–water partition coefficient (Wildman–Crippen LogP) is 2.45. The Labute approximate surface area is 167 Å². The maximum Gasteiger partial charge on any atom is 0.278 e. The van der Waals surface area contributed by atoms with Gasteiger partial charge in [-0.25, -0.2) is 9.36 Å². The number of rotatable bonds is 5. The maximum atomic E-state index is 13.1. The number of carbonyl (C=O) groups excluding carboxylic acids is 1. The highest BCUT2D eigenvalue weighted by Crippen LogP contribution is 2.19. The number of aryl methyl sites for hydroxylation is 2. The summed E-state index contributed by atoms with van der Waals surface area (Å²) < 4.78 is 8.22. The van der Waals surface area contributed by atoms with E-state index >= 15 is 0 Å². The Morgan fingerprint density at radius 1 is 1.10 bits per heavy atom. The fourth-order valence-corrected chi connectivity index (χ4v) is 3.32. The van der Waals surface area contributed by atoms with Gasteiger partial charge in [0.1, 0.15) is 17.8 Å². The van der Waals surface area contributed by atoms with Crippen molar-refractivity contribution < 1.29 is 9.21 Å². The lowest BCUT2D eigenvalue weighted by atomic mass is 10.2. The summed E-state index contributed by atoms with van der Waals surface area (Å²) >= 11 is 0. The second-order valence-electron chi connectivity index (χ2n) is 6.93. The van der Waals surface area contributed by atoms with Crippen molar-refractivity contribution in [2.24, 2.45) is 0 Å². The van der Waals surface area contributed by atoms with Crippen molar-refractivity contribution in [3.05, 3.63) is 76.2 Å². The van der Waals surface area contributed by atoms with Gasteiger partial charge in [-0.2, -0.15) is 10.2 Å². The van der Waals surface area contributed by atoms with Crippen LogP contribution in [-0.4, -0.2) is 37.4 Å². The van der Waals surface area contributed by atoms with Gasteiger partial charge in [0.2, 0.25) is 5.91 Å². The SMILES string of the molecule is Cc1nn(CC(=O)N(C)Cc2ccco2)c(=O)c2c(C)n(-c3ccccc3)nc12. The van der Waals surface area contributed by atoms with E-state index in [1.807, 2.05) is 37.3 Å². The number of carbonyl (C=O) groups is 1. The van der Waals surface area contributed by atoms with E-state index in [9.17, 15) is 9.59 Å². The molecule has 0 atom stereocenters. The molecule has 3 heterocycles. The third-order valence-electron chi connectivity index (χ3n) is 4.86. The number of hydrogen-bond donors (Lipinski definition) is 0. The Kier molecular flexibility index (Phi) is 4.75. The molecule has 0 aliphatic rings. The molecular weight excluding hydrogens is 370 g/mol. The van der Waals surface area contributed by atoms with Gasteiger partial charge in [-0.1, -0.05) is 18.2 Å². The van der Waals surface area contributed by atoms with Crippen LogP contribution in [0.25, 0.3) is 16.6 Å². The van der Waals surface area contributed by atoms with Crippen LogP contribution in [0.3, 0.4) is 0 Å². The minimum Gasteiger partial charge on any atom is -0.467 e. The van der Waals surface area contributed by atoms with E-state index in [-0.39, 0.29) is 18.0 Å². The summed E-state index contributed by atoms with van der Waals surface area (Å²) in [5.74, 6) is 0.440. The van der Waals surface area contributed by atoms with Crippen molar-refractivity contribution in [3.63, 3.8) is 0 Å². The van der Waals surface area contributed by atoms with Crippen LogP contribution in [0.5, 0.6) is 0 Å². The smallest absolute Gasteiger partial charge is 0.278 e. The summed E-state index contributed by atoms with van der Waals surface area (Å²) in [7, 11) is 1.67. The molecule has 1 aromatic carbocycles. The van der Waals surface area contributed by atoms with Crippen LogP contribution in [-0.2, 0) is 17.9 Å². The van der Waals surface area contributed by atoms with Gasteiger partial charge in [-0.05, 0) is 38.1 Å². The molecule has 1 amide bonds. The minimum atomic E-state index is -0.329. The maximum absolute atomic E-state index is 13.1. The summed E-state index contributed by atoms with van der Waals surface area (Å²) in [5.41, 5.74) is 2.39. The number of likely N-dealkylation sites (N-methyl/N-ethyl adjacent to an activating group) is 1. The third-order valence-corrected chi connectivity index (χ3v) is 4.86. The van der Waals surface area contributed by atoms with Crippen LogP contribution in [0.15, 0.2) is 57.9 Å². The van der Waals surface area contributed by atoms with Crippen LogP contribution in [0.2, 0.25) is 0 Å². The Morgan fingerprint density at radius 3 is 2.55 bits per heavy atom. The molecule has 0 aliphatic carbocycles. The van der Waals surface area contributed by atoms with E-state index in [0.717, 1.165) is 5.69 Å². The average Bonchev–Trinajstić information content (AvgIpc) is 3.34. The molecule has 0 spiro atoms. The highest BCUT2D eigenvalue weighted by atomic mass is 16.3. The number of benzene rings is 1.